The van der Waals surface area contributed by atoms with Crippen LogP contribution in [0.25, 0.3) is 0 Å². The Labute approximate surface area is 158 Å². The molecule has 2 aromatic carbocycles. The fourth-order valence-electron chi connectivity index (χ4n) is 2.55. The van der Waals surface area contributed by atoms with Crippen LogP contribution in [0.15, 0.2) is 58.1 Å². The summed E-state index contributed by atoms with van der Waals surface area (Å²) >= 11 is 3.36. The highest BCUT2D eigenvalue weighted by molar-refractivity contribution is 9.10. The summed E-state index contributed by atoms with van der Waals surface area (Å²) in [6, 6.07) is 15.5. The van der Waals surface area contributed by atoms with Crippen molar-refractivity contribution in [2.45, 2.75) is 26.7 Å². The molecule has 0 fully saturated rings. The van der Waals surface area contributed by atoms with Gasteiger partial charge in [0, 0.05) is 23.2 Å². The second kappa shape index (κ2) is 9.99. The Morgan fingerprint density at radius 1 is 1.08 bits per heavy atom. The van der Waals surface area contributed by atoms with Crippen molar-refractivity contribution in [1.82, 2.24) is 5.43 Å². The first-order chi connectivity index (χ1) is 12.2. The second-order valence-corrected chi connectivity index (χ2v) is 6.61. The first kappa shape index (κ1) is 19.2. The number of carbonyl (C=O) groups excluding carboxylic acids is 1. The standard InChI is InChI=1S/C20H24BrN3O/c1-3-13-24(14-4-2)17-11-9-16(10-12-17)15-22-23-20(25)18-7-5-6-8-19(18)21/h5-12,15H,3-4,13-14H2,1-2H3,(H,23,25). The van der Waals surface area contributed by atoms with E-state index < -0.39 is 0 Å². The summed E-state index contributed by atoms with van der Waals surface area (Å²) in [6.07, 6.45) is 3.91. The van der Waals surface area contributed by atoms with Crippen LogP contribution >= 0.6 is 15.9 Å². The van der Waals surface area contributed by atoms with Crippen molar-refractivity contribution in [1.29, 1.82) is 0 Å². The van der Waals surface area contributed by atoms with E-state index in [0.717, 1.165) is 36.0 Å². The van der Waals surface area contributed by atoms with Gasteiger partial charge in [-0.2, -0.15) is 5.10 Å². The summed E-state index contributed by atoms with van der Waals surface area (Å²) in [6.45, 7) is 6.50. The highest BCUT2D eigenvalue weighted by atomic mass is 79.9. The number of amides is 1. The van der Waals surface area contributed by atoms with E-state index in [1.807, 2.05) is 30.3 Å². The van der Waals surface area contributed by atoms with Gasteiger partial charge in [0.15, 0.2) is 0 Å². The highest BCUT2D eigenvalue weighted by Gasteiger charge is 2.07. The Hall–Kier alpha value is -2.14. The summed E-state index contributed by atoms with van der Waals surface area (Å²) in [5.41, 5.74) is 5.29. The molecule has 0 radical (unpaired) electrons. The lowest BCUT2D eigenvalue weighted by atomic mass is 10.2. The van der Waals surface area contributed by atoms with Gasteiger partial charge in [0.05, 0.1) is 11.8 Å². The largest absolute Gasteiger partial charge is 0.372 e. The predicted molar refractivity (Wildman–Crippen MR) is 108 cm³/mol. The number of hydrogen-bond acceptors (Lipinski definition) is 3. The minimum atomic E-state index is -0.239. The number of rotatable bonds is 8. The van der Waals surface area contributed by atoms with Crippen LogP contribution in [0.2, 0.25) is 0 Å². The minimum Gasteiger partial charge on any atom is -0.372 e. The van der Waals surface area contributed by atoms with E-state index in [4.69, 9.17) is 0 Å². The molecule has 0 aliphatic heterocycles. The molecular formula is C20H24BrN3O. The maximum atomic E-state index is 12.1. The van der Waals surface area contributed by atoms with E-state index in [-0.39, 0.29) is 5.91 Å². The van der Waals surface area contributed by atoms with E-state index in [9.17, 15) is 4.79 Å². The molecule has 0 atom stereocenters. The van der Waals surface area contributed by atoms with E-state index in [1.165, 1.54) is 5.69 Å². The predicted octanol–water partition coefficient (Wildman–Crippen LogP) is 4.84. The van der Waals surface area contributed by atoms with Crippen molar-refractivity contribution in [2.24, 2.45) is 5.10 Å². The normalized spacial score (nSPS) is 10.8. The highest BCUT2D eigenvalue weighted by Crippen LogP contribution is 2.16. The minimum absolute atomic E-state index is 0.239. The van der Waals surface area contributed by atoms with Crippen LogP contribution in [0, 0.1) is 0 Å². The Balaban J connectivity index is 1.97. The van der Waals surface area contributed by atoms with Crippen molar-refractivity contribution in [3.05, 3.63) is 64.1 Å². The third kappa shape index (κ3) is 5.71. The number of nitrogens with zero attached hydrogens (tertiary/aromatic N) is 2. The van der Waals surface area contributed by atoms with Crippen molar-refractivity contribution >= 4 is 33.7 Å². The van der Waals surface area contributed by atoms with Gasteiger partial charge in [-0.3, -0.25) is 4.79 Å². The third-order valence-corrected chi connectivity index (χ3v) is 4.43. The van der Waals surface area contributed by atoms with Crippen LogP contribution in [0.5, 0.6) is 0 Å². The van der Waals surface area contributed by atoms with E-state index in [2.05, 4.69) is 57.3 Å². The Kier molecular flexibility index (Phi) is 7.67. The molecule has 0 aromatic heterocycles. The monoisotopic (exact) mass is 401 g/mol. The van der Waals surface area contributed by atoms with Crippen molar-refractivity contribution in [3.63, 3.8) is 0 Å². The number of hydrazone groups is 1. The number of anilines is 1. The van der Waals surface area contributed by atoms with Gasteiger partial charge in [0.25, 0.3) is 5.91 Å². The number of halogens is 1. The van der Waals surface area contributed by atoms with Crippen LogP contribution in [0.1, 0.15) is 42.6 Å². The Morgan fingerprint density at radius 2 is 1.72 bits per heavy atom. The lowest BCUT2D eigenvalue weighted by molar-refractivity contribution is 0.0954. The summed E-state index contributed by atoms with van der Waals surface area (Å²) < 4.78 is 0.749. The maximum Gasteiger partial charge on any atom is 0.272 e. The topological polar surface area (TPSA) is 44.7 Å². The molecular weight excluding hydrogens is 378 g/mol. The average Bonchev–Trinajstić information content (AvgIpc) is 2.62. The molecule has 0 heterocycles. The Morgan fingerprint density at radius 3 is 2.32 bits per heavy atom. The summed E-state index contributed by atoms with van der Waals surface area (Å²) in [5, 5.41) is 4.05. The van der Waals surface area contributed by atoms with E-state index in [1.54, 1.807) is 12.3 Å². The lowest BCUT2D eigenvalue weighted by Crippen LogP contribution is -2.24. The van der Waals surface area contributed by atoms with Gasteiger partial charge in [-0.05, 0) is 58.6 Å². The van der Waals surface area contributed by atoms with Gasteiger partial charge in [-0.1, -0.05) is 38.1 Å². The molecule has 0 aliphatic rings. The van der Waals surface area contributed by atoms with Crippen LogP contribution in [0.3, 0.4) is 0 Å². The molecule has 0 spiro atoms. The first-order valence-electron chi connectivity index (χ1n) is 8.58. The molecule has 1 N–H and O–H groups in total. The molecule has 4 nitrogen and oxygen atoms in total. The zero-order chi connectivity index (χ0) is 18.1. The summed E-state index contributed by atoms with van der Waals surface area (Å²) in [4.78, 5) is 14.5. The number of benzene rings is 2. The molecule has 0 saturated heterocycles. The van der Waals surface area contributed by atoms with Crippen LogP contribution in [-0.2, 0) is 0 Å². The average molecular weight is 402 g/mol. The lowest BCUT2D eigenvalue weighted by Gasteiger charge is -2.23. The molecule has 132 valence electrons. The Bertz CT molecular complexity index is 707. The molecule has 0 bridgehead atoms. The van der Waals surface area contributed by atoms with Crippen molar-refractivity contribution in [3.8, 4) is 0 Å². The SMILES string of the molecule is CCCN(CCC)c1ccc(C=NNC(=O)c2ccccc2Br)cc1. The summed E-state index contributed by atoms with van der Waals surface area (Å²) in [5.74, 6) is -0.239. The van der Waals surface area contributed by atoms with Gasteiger partial charge in [0.2, 0.25) is 0 Å². The van der Waals surface area contributed by atoms with Crippen LogP contribution < -0.4 is 10.3 Å². The molecule has 0 aliphatic carbocycles. The van der Waals surface area contributed by atoms with E-state index in [0.29, 0.717) is 5.56 Å². The molecule has 5 heteroatoms. The zero-order valence-corrected chi connectivity index (χ0v) is 16.3. The van der Waals surface area contributed by atoms with Gasteiger partial charge in [-0.25, -0.2) is 5.43 Å². The molecule has 0 saturated carbocycles. The first-order valence-corrected chi connectivity index (χ1v) is 9.38. The molecule has 0 unspecified atom stereocenters. The third-order valence-electron chi connectivity index (χ3n) is 3.74. The maximum absolute atomic E-state index is 12.1. The number of nitrogens with one attached hydrogen (secondary N) is 1. The molecule has 1 amide bonds. The zero-order valence-electron chi connectivity index (χ0n) is 14.7. The van der Waals surface area contributed by atoms with Gasteiger partial charge in [-0.15, -0.1) is 0 Å². The smallest absolute Gasteiger partial charge is 0.272 e. The number of carbonyl (C=O) groups is 1. The van der Waals surface area contributed by atoms with Crippen molar-refractivity contribution in [2.75, 3.05) is 18.0 Å². The van der Waals surface area contributed by atoms with Gasteiger partial charge in [0.1, 0.15) is 0 Å². The van der Waals surface area contributed by atoms with Gasteiger partial charge >= 0.3 is 0 Å². The van der Waals surface area contributed by atoms with Gasteiger partial charge < -0.3 is 4.90 Å². The molecule has 25 heavy (non-hydrogen) atoms. The van der Waals surface area contributed by atoms with Crippen LogP contribution in [-0.4, -0.2) is 25.2 Å². The number of hydrogen-bond donors (Lipinski definition) is 1. The van der Waals surface area contributed by atoms with E-state index >= 15 is 0 Å². The fraction of sp³-hybridized carbons (Fsp3) is 0.300. The van der Waals surface area contributed by atoms with Crippen molar-refractivity contribution < 1.29 is 4.79 Å². The fourth-order valence-corrected chi connectivity index (χ4v) is 3.02. The second-order valence-electron chi connectivity index (χ2n) is 5.76. The quantitative estimate of drug-likeness (QED) is 0.507. The molecule has 2 rings (SSSR count). The molecule has 2 aromatic rings. The summed E-state index contributed by atoms with van der Waals surface area (Å²) in [7, 11) is 0. The van der Waals surface area contributed by atoms with Crippen LogP contribution in [0.4, 0.5) is 5.69 Å².